The van der Waals surface area contributed by atoms with Crippen LogP contribution in [0, 0.1) is 0 Å². The van der Waals surface area contributed by atoms with E-state index in [0.717, 1.165) is 32.7 Å². The minimum atomic E-state index is 0.461. The molecule has 0 aromatic heterocycles. The summed E-state index contributed by atoms with van der Waals surface area (Å²) in [6.07, 6.45) is 2.37. The highest BCUT2D eigenvalue weighted by Gasteiger charge is 2.15. The Balaban J connectivity index is 2.21. The van der Waals surface area contributed by atoms with E-state index in [0.29, 0.717) is 6.04 Å². The Morgan fingerprint density at radius 2 is 1.93 bits per heavy atom. The number of hydrogen-bond acceptors (Lipinski definition) is 4. The fourth-order valence-electron chi connectivity index (χ4n) is 1.78. The van der Waals surface area contributed by atoms with E-state index >= 15 is 0 Å². The highest BCUT2D eigenvalue weighted by molar-refractivity contribution is 4.71. The van der Waals surface area contributed by atoms with E-state index in [1.54, 1.807) is 0 Å². The smallest absolute Gasteiger partial charge is 0.0337 e. The molecule has 4 heteroatoms. The summed E-state index contributed by atoms with van der Waals surface area (Å²) >= 11 is 0. The van der Waals surface area contributed by atoms with Crippen LogP contribution in [-0.2, 0) is 0 Å². The van der Waals surface area contributed by atoms with Crippen LogP contribution in [0.5, 0.6) is 0 Å². The van der Waals surface area contributed by atoms with E-state index in [1.807, 2.05) is 0 Å². The second-order valence-electron chi connectivity index (χ2n) is 4.14. The second kappa shape index (κ2) is 6.35. The Morgan fingerprint density at radius 3 is 2.43 bits per heavy atom. The van der Waals surface area contributed by atoms with Gasteiger partial charge in [-0.1, -0.05) is 13.3 Å². The molecule has 1 aliphatic rings. The van der Waals surface area contributed by atoms with Crippen molar-refractivity contribution in [2.24, 2.45) is 5.73 Å². The number of rotatable bonds is 5. The highest BCUT2D eigenvalue weighted by atomic mass is 15.5. The van der Waals surface area contributed by atoms with Crippen molar-refractivity contribution in [3.63, 3.8) is 0 Å². The van der Waals surface area contributed by atoms with E-state index in [-0.39, 0.29) is 0 Å². The maximum Gasteiger partial charge on any atom is 0.0337 e. The Labute approximate surface area is 87.4 Å². The third kappa shape index (κ3) is 3.92. The first kappa shape index (κ1) is 11.9. The lowest BCUT2D eigenvalue weighted by molar-refractivity contribution is 0.0862. The van der Waals surface area contributed by atoms with Crippen molar-refractivity contribution in [3.8, 4) is 0 Å². The molecule has 0 aromatic carbocycles. The maximum absolute atomic E-state index is 5.70. The molecule has 0 radical (unpaired) electrons. The van der Waals surface area contributed by atoms with Crippen LogP contribution in [0.15, 0.2) is 0 Å². The molecule has 1 rings (SSSR count). The highest BCUT2D eigenvalue weighted by Crippen LogP contribution is 2.00. The number of hydrazine groups is 1. The van der Waals surface area contributed by atoms with Crippen molar-refractivity contribution in [3.05, 3.63) is 0 Å². The molecule has 0 bridgehead atoms. The minimum absolute atomic E-state index is 0.461. The van der Waals surface area contributed by atoms with Gasteiger partial charge < -0.3 is 10.6 Å². The van der Waals surface area contributed by atoms with Gasteiger partial charge in [0.05, 0.1) is 0 Å². The first-order chi connectivity index (χ1) is 6.76. The van der Waals surface area contributed by atoms with Crippen molar-refractivity contribution in [1.29, 1.82) is 0 Å². The molecular weight excluding hydrogens is 176 g/mol. The number of hydrogen-bond donors (Lipinski definition) is 2. The van der Waals surface area contributed by atoms with Gasteiger partial charge >= 0.3 is 0 Å². The van der Waals surface area contributed by atoms with Crippen LogP contribution >= 0.6 is 0 Å². The predicted molar refractivity (Wildman–Crippen MR) is 60.0 cm³/mol. The molecule has 0 amide bonds. The largest absolute Gasteiger partial charge is 0.329 e. The summed E-state index contributed by atoms with van der Waals surface area (Å²) in [6, 6.07) is 0.461. The van der Waals surface area contributed by atoms with Crippen molar-refractivity contribution >= 4 is 0 Å². The van der Waals surface area contributed by atoms with E-state index in [4.69, 9.17) is 5.73 Å². The molecule has 0 spiro atoms. The fraction of sp³-hybridized carbons (Fsp3) is 1.00. The van der Waals surface area contributed by atoms with Crippen LogP contribution in [-0.4, -0.2) is 55.7 Å². The van der Waals surface area contributed by atoms with E-state index in [9.17, 15) is 0 Å². The number of likely N-dealkylation sites (N-methyl/N-ethyl adjacent to an activating group) is 1. The summed E-state index contributed by atoms with van der Waals surface area (Å²) in [6.45, 7) is 7.45. The van der Waals surface area contributed by atoms with Crippen molar-refractivity contribution in [2.75, 3.05) is 39.8 Å². The SMILES string of the molecule is CCCC(CN)NN1CCN(C)CC1. The maximum atomic E-state index is 5.70. The molecule has 1 unspecified atom stereocenters. The van der Waals surface area contributed by atoms with Crippen LogP contribution in [0.1, 0.15) is 19.8 Å². The molecule has 0 aromatic rings. The molecule has 1 fully saturated rings. The third-order valence-electron chi connectivity index (χ3n) is 2.79. The van der Waals surface area contributed by atoms with Crippen molar-refractivity contribution < 1.29 is 0 Å². The number of nitrogens with zero attached hydrogens (tertiary/aromatic N) is 2. The monoisotopic (exact) mass is 200 g/mol. The molecule has 84 valence electrons. The molecular formula is C10H24N4. The van der Waals surface area contributed by atoms with Crippen LogP contribution < -0.4 is 11.2 Å². The first-order valence-corrected chi connectivity index (χ1v) is 5.66. The topological polar surface area (TPSA) is 44.5 Å². The number of piperazine rings is 1. The molecule has 3 N–H and O–H groups in total. The summed E-state index contributed by atoms with van der Waals surface area (Å²) in [5.74, 6) is 0. The van der Waals surface area contributed by atoms with Gasteiger partial charge in [0, 0.05) is 38.8 Å². The Hall–Kier alpha value is -0.160. The summed E-state index contributed by atoms with van der Waals surface area (Å²) in [5, 5.41) is 2.31. The standard InChI is InChI=1S/C10H24N4/c1-3-4-10(9-11)12-14-7-5-13(2)6-8-14/h10,12H,3-9,11H2,1-2H3. The lowest BCUT2D eigenvalue weighted by Crippen LogP contribution is -2.55. The van der Waals surface area contributed by atoms with Gasteiger partial charge in [-0.25, -0.2) is 5.01 Å². The van der Waals surface area contributed by atoms with Gasteiger partial charge in [-0.3, -0.25) is 5.43 Å². The summed E-state index contributed by atoms with van der Waals surface area (Å²) in [4.78, 5) is 2.36. The zero-order valence-corrected chi connectivity index (χ0v) is 9.50. The quantitative estimate of drug-likeness (QED) is 0.649. The van der Waals surface area contributed by atoms with Crippen molar-refractivity contribution in [2.45, 2.75) is 25.8 Å². The van der Waals surface area contributed by atoms with E-state index in [1.165, 1.54) is 12.8 Å². The predicted octanol–water partition coefficient (Wildman–Crippen LogP) is -0.134. The zero-order chi connectivity index (χ0) is 10.4. The van der Waals surface area contributed by atoms with Gasteiger partial charge in [0.15, 0.2) is 0 Å². The molecule has 1 saturated heterocycles. The molecule has 4 nitrogen and oxygen atoms in total. The molecule has 1 aliphatic heterocycles. The normalized spacial score (nSPS) is 22.5. The molecule has 14 heavy (non-hydrogen) atoms. The van der Waals surface area contributed by atoms with Gasteiger partial charge in [0.25, 0.3) is 0 Å². The van der Waals surface area contributed by atoms with Gasteiger partial charge in [-0.15, -0.1) is 0 Å². The number of nitrogens with two attached hydrogens (primary N) is 1. The molecule has 0 aliphatic carbocycles. The van der Waals surface area contributed by atoms with Gasteiger partial charge in [-0.05, 0) is 13.5 Å². The van der Waals surface area contributed by atoms with Crippen LogP contribution in [0.2, 0.25) is 0 Å². The zero-order valence-electron chi connectivity index (χ0n) is 9.50. The lowest BCUT2D eigenvalue weighted by atomic mass is 10.2. The second-order valence-corrected chi connectivity index (χ2v) is 4.14. The first-order valence-electron chi connectivity index (χ1n) is 5.66. The Morgan fingerprint density at radius 1 is 1.29 bits per heavy atom. The Kier molecular flexibility index (Phi) is 5.40. The average Bonchev–Trinajstić information content (AvgIpc) is 2.20. The van der Waals surface area contributed by atoms with Crippen molar-refractivity contribution in [1.82, 2.24) is 15.3 Å². The van der Waals surface area contributed by atoms with E-state index < -0.39 is 0 Å². The summed E-state index contributed by atoms with van der Waals surface area (Å²) in [5.41, 5.74) is 9.21. The van der Waals surface area contributed by atoms with Gasteiger partial charge in [0.2, 0.25) is 0 Å². The van der Waals surface area contributed by atoms with E-state index in [2.05, 4.69) is 29.3 Å². The van der Waals surface area contributed by atoms with Gasteiger partial charge in [0.1, 0.15) is 0 Å². The number of nitrogens with one attached hydrogen (secondary N) is 1. The summed E-state index contributed by atoms with van der Waals surface area (Å²) < 4.78 is 0. The fourth-order valence-corrected chi connectivity index (χ4v) is 1.78. The van der Waals surface area contributed by atoms with Crippen LogP contribution in [0.4, 0.5) is 0 Å². The Bertz CT molecular complexity index is 143. The van der Waals surface area contributed by atoms with Crippen LogP contribution in [0.3, 0.4) is 0 Å². The molecule has 1 heterocycles. The average molecular weight is 200 g/mol. The van der Waals surface area contributed by atoms with Crippen LogP contribution in [0.25, 0.3) is 0 Å². The molecule has 1 atom stereocenters. The minimum Gasteiger partial charge on any atom is -0.329 e. The molecule has 0 saturated carbocycles. The summed E-state index contributed by atoms with van der Waals surface area (Å²) in [7, 11) is 2.17. The van der Waals surface area contributed by atoms with Gasteiger partial charge in [-0.2, -0.15) is 0 Å². The lowest BCUT2D eigenvalue weighted by Gasteiger charge is -2.35. The third-order valence-corrected chi connectivity index (χ3v) is 2.79.